The van der Waals surface area contributed by atoms with Crippen LogP contribution in [0, 0.1) is 0 Å². The fraction of sp³-hybridized carbons (Fsp3) is 0.143. The Morgan fingerprint density at radius 1 is 1.00 bits per heavy atom. The van der Waals surface area contributed by atoms with Crippen LogP contribution in [0.15, 0.2) is 72.1 Å². The molecule has 0 aromatic heterocycles. The van der Waals surface area contributed by atoms with Gasteiger partial charge >= 0.3 is 0 Å². The molecular formula is C21H20ClNO4S. The van der Waals surface area contributed by atoms with Crippen molar-refractivity contribution >= 4 is 38.1 Å². The Bertz CT molecular complexity index is 1130. The second kappa shape index (κ2) is 8.12. The van der Waals surface area contributed by atoms with Gasteiger partial charge in [0, 0.05) is 12.1 Å². The highest BCUT2D eigenvalue weighted by Gasteiger charge is 2.28. The molecule has 0 bridgehead atoms. The first kappa shape index (κ1) is 20.0. The summed E-state index contributed by atoms with van der Waals surface area (Å²) in [5.41, 5.74) is 0.316. The van der Waals surface area contributed by atoms with E-state index in [0.717, 1.165) is 10.8 Å². The number of ether oxygens (including phenoxy) is 2. The van der Waals surface area contributed by atoms with E-state index in [9.17, 15) is 8.42 Å². The Morgan fingerprint density at radius 3 is 2.32 bits per heavy atom. The lowest BCUT2D eigenvalue weighted by molar-refractivity contribution is 0.404. The van der Waals surface area contributed by atoms with Gasteiger partial charge in [-0.05, 0) is 22.9 Å². The van der Waals surface area contributed by atoms with Crippen LogP contribution in [-0.2, 0) is 10.0 Å². The molecule has 28 heavy (non-hydrogen) atoms. The van der Waals surface area contributed by atoms with Crippen LogP contribution in [0.2, 0.25) is 5.02 Å². The van der Waals surface area contributed by atoms with Gasteiger partial charge in [0.1, 0.15) is 11.5 Å². The number of hydrogen-bond donors (Lipinski definition) is 0. The van der Waals surface area contributed by atoms with Crippen LogP contribution in [0.3, 0.4) is 0 Å². The number of halogens is 1. The van der Waals surface area contributed by atoms with E-state index in [1.807, 2.05) is 24.3 Å². The van der Waals surface area contributed by atoms with Crippen molar-refractivity contribution in [3.8, 4) is 11.5 Å². The highest BCUT2D eigenvalue weighted by Crippen LogP contribution is 2.40. The third-order valence-corrected chi connectivity index (χ3v) is 6.40. The topological polar surface area (TPSA) is 55.8 Å². The van der Waals surface area contributed by atoms with Gasteiger partial charge in [0.25, 0.3) is 10.0 Å². The first-order valence-electron chi connectivity index (χ1n) is 8.46. The molecular weight excluding hydrogens is 398 g/mol. The molecule has 0 saturated heterocycles. The van der Waals surface area contributed by atoms with Crippen molar-refractivity contribution in [1.82, 2.24) is 0 Å². The number of methoxy groups -OCH3 is 2. The van der Waals surface area contributed by atoms with Gasteiger partial charge in [-0.25, -0.2) is 8.42 Å². The Balaban J connectivity index is 2.19. The van der Waals surface area contributed by atoms with Crippen molar-refractivity contribution in [3.63, 3.8) is 0 Å². The molecule has 0 spiro atoms. The van der Waals surface area contributed by atoms with Crippen molar-refractivity contribution in [3.05, 3.63) is 72.3 Å². The minimum Gasteiger partial charge on any atom is -0.495 e. The predicted octanol–water partition coefficient (Wildman–Crippen LogP) is 4.89. The van der Waals surface area contributed by atoms with Gasteiger partial charge in [-0.1, -0.05) is 48.0 Å². The monoisotopic (exact) mass is 417 g/mol. The van der Waals surface area contributed by atoms with Crippen LogP contribution < -0.4 is 13.8 Å². The molecule has 0 N–H and O–H groups in total. The van der Waals surface area contributed by atoms with E-state index in [-0.39, 0.29) is 11.4 Å². The van der Waals surface area contributed by atoms with Crippen molar-refractivity contribution < 1.29 is 17.9 Å². The van der Waals surface area contributed by atoms with Gasteiger partial charge in [-0.15, -0.1) is 6.58 Å². The second-order valence-electron chi connectivity index (χ2n) is 5.99. The highest BCUT2D eigenvalue weighted by atomic mass is 35.5. The fourth-order valence-corrected chi connectivity index (χ4v) is 4.64. The third kappa shape index (κ3) is 3.66. The summed E-state index contributed by atoms with van der Waals surface area (Å²) in [4.78, 5) is 0.170. The van der Waals surface area contributed by atoms with Gasteiger partial charge in [0.05, 0.1) is 36.4 Å². The molecule has 0 aliphatic rings. The van der Waals surface area contributed by atoms with Crippen molar-refractivity contribution in [2.24, 2.45) is 0 Å². The van der Waals surface area contributed by atoms with Crippen LogP contribution in [0.25, 0.3) is 10.8 Å². The van der Waals surface area contributed by atoms with Crippen molar-refractivity contribution in [2.45, 2.75) is 4.90 Å². The molecule has 0 saturated carbocycles. The number of anilines is 1. The van der Waals surface area contributed by atoms with Gasteiger partial charge in [0.2, 0.25) is 0 Å². The van der Waals surface area contributed by atoms with Gasteiger partial charge in [-0.3, -0.25) is 4.31 Å². The van der Waals surface area contributed by atoms with Crippen LogP contribution in [0.1, 0.15) is 0 Å². The molecule has 0 radical (unpaired) electrons. The molecule has 0 atom stereocenters. The predicted molar refractivity (Wildman–Crippen MR) is 113 cm³/mol. The number of nitrogens with zero attached hydrogens (tertiary/aromatic N) is 1. The van der Waals surface area contributed by atoms with E-state index in [4.69, 9.17) is 21.1 Å². The number of benzene rings is 3. The summed E-state index contributed by atoms with van der Waals surface area (Å²) in [6.45, 7) is 3.75. The molecule has 3 aromatic rings. The molecule has 5 nitrogen and oxygen atoms in total. The van der Waals surface area contributed by atoms with Crippen molar-refractivity contribution in [2.75, 3.05) is 25.1 Å². The second-order valence-corrected chi connectivity index (χ2v) is 8.26. The molecule has 0 amide bonds. The lowest BCUT2D eigenvalue weighted by Crippen LogP contribution is -2.31. The summed E-state index contributed by atoms with van der Waals surface area (Å²) in [5, 5.41) is 2.12. The van der Waals surface area contributed by atoms with E-state index in [2.05, 4.69) is 6.58 Å². The number of hydrogen-bond acceptors (Lipinski definition) is 4. The average Bonchev–Trinajstić information content (AvgIpc) is 2.71. The third-order valence-electron chi connectivity index (χ3n) is 4.33. The SMILES string of the molecule is C=CCN(c1cc(OC)c(Cl)cc1OC)S(=O)(=O)c1ccc2ccccc2c1. The molecule has 0 aliphatic carbocycles. The molecule has 3 rings (SSSR count). The van der Waals surface area contributed by atoms with Crippen LogP contribution in [-0.4, -0.2) is 29.2 Å². The zero-order chi connectivity index (χ0) is 20.3. The van der Waals surface area contributed by atoms with E-state index in [0.29, 0.717) is 22.2 Å². The quantitative estimate of drug-likeness (QED) is 0.513. The maximum absolute atomic E-state index is 13.5. The van der Waals surface area contributed by atoms with Crippen LogP contribution in [0.5, 0.6) is 11.5 Å². The van der Waals surface area contributed by atoms with E-state index < -0.39 is 10.0 Å². The summed E-state index contributed by atoms with van der Waals surface area (Å²) >= 11 is 6.17. The maximum Gasteiger partial charge on any atom is 0.264 e. The highest BCUT2D eigenvalue weighted by molar-refractivity contribution is 7.92. The smallest absolute Gasteiger partial charge is 0.264 e. The van der Waals surface area contributed by atoms with Crippen LogP contribution in [0.4, 0.5) is 5.69 Å². The van der Waals surface area contributed by atoms with Crippen molar-refractivity contribution in [1.29, 1.82) is 0 Å². The van der Waals surface area contributed by atoms with Gasteiger partial charge in [-0.2, -0.15) is 0 Å². The lowest BCUT2D eigenvalue weighted by atomic mass is 10.1. The minimum atomic E-state index is -3.89. The normalized spacial score (nSPS) is 11.2. The van der Waals surface area contributed by atoms with E-state index in [1.54, 1.807) is 24.3 Å². The summed E-state index contributed by atoms with van der Waals surface area (Å²) in [7, 11) is -0.975. The summed E-state index contributed by atoms with van der Waals surface area (Å²) in [6.07, 6.45) is 1.51. The molecule has 0 heterocycles. The molecule has 0 fully saturated rings. The van der Waals surface area contributed by atoms with E-state index >= 15 is 0 Å². The van der Waals surface area contributed by atoms with E-state index in [1.165, 1.54) is 30.7 Å². The summed E-state index contributed by atoms with van der Waals surface area (Å²) < 4.78 is 38.8. The first-order valence-corrected chi connectivity index (χ1v) is 10.3. The maximum atomic E-state index is 13.5. The number of fused-ring (bicyclic) bond motifs is 1. The standard InChI is InChI=1S/C21H20ClNO4S/c1-4-11-23(19-14-20(26-2)18(22)13-21(19)27-3)28(24,25)17-10-9-15-7-5-6-8-16(15)12-17/h4-10,12-14H,1,11H2,2-3H3. The number of rotatable bonds is 7. The Hall–Kier alpha value is -2.70. The Kier molecular flexibility index (Phi) is 5.82. The minimum absolute atomic E-state index is 0.0519. The van der Waals surface area contributed by atoms with Gasteiger partial charge in [0.15, 0.2) is 0 Å². The zero-order valence-electron chi connectivity index (χ0n) is 15.6. The first-order chi connectivity index (χ1) is 13.4. The van der Waals surface area contributed by atoms with Crippen LogP contribution >= 0.6 is 11.6 Å². The summed E-state index contributed by atoms with van der Waals surface area (Å²) in [6, 6.07) is 15.7. The molecule has 3 aromatic carbocycles. The average molecular weight is 418 g/mol. The molecule has 7 heteroatoms. The zero-order valence-corrected chi connectivity index (χ0v) is 17.1. The number of sulfonamides is 1. The Morgan fingerprint density at radius 2 is 1.68 bits per heavy atom. The molecule has 0 aliphatic heterocycles. The lowest BCUT2D eigenvalue weighted by Gasteiger charge is -2.25. The van der Waals surface area contributed by atoms with Gasteiger partial charge < -0.3 is 9.47 Å². The molecule has 146 valence electrons. The largest absolute Gasteiger partial charge is 0.495 e. The Labute approximate surface area is 169 Å². The summed E-state index contributed by atoms with van der Waals surface area (Å²) in [5.74, 6) is 0.664. The molecule has 0 unspecified atom stereocenters. The fourth-order valence-electron chi connectivity index (χ4n) is 2.94.